The zero-order chi connectivity index (χ0) is 20.9. The first-order valence-electron chi connectivity index (χ1n) is 10.0. The number of carbonyl (C=O) groups is 1. The summed E-state index contributed by atoms with van der Waals surface area (Å²) in [6, 6.07) is 13.1. The first-order chi connectivity index (χ1) is 13.9. The Morgan fingerprint density at radius 1 is 1.07 bits per heavy atom. The number of hydrogen-bond donors (Lipinski definition) is 0. The lowest BCUT2D eigenvalue weighted by atomic mass is 10.1. The summed E-state index contributed by atoms with van der Waals surface area (Å²) >= 11 is 0. The van der Waals surface area contributed by atoms with Gasteiger partial charge in [-0.15, -0.1) is 0 Å². The number of carbonyl (C=O) groups excluding carboxylic acids is 1. The Morgan fingerprint density at radius 2 is 1.76 bits per heavy atom. The number of nitrogens with zero attached hydrogens (tertiary/aromatic N) is 2. The predicted molar refractivity (Wildman–Crippen MR) is 110 cm³/mol. The van der Waals surface area contributed by atoms with E-state index in [9.17, 15) is 17.6 Å². The molecule has 0 saturated carbocycles. The highest BCUT2D eigenvalue weighted by atomic mass is 32.2. The summed E-state index contributed by atoms with van der Waals surface area (Å²) in [6.45, 7) is 3.98. The molecule has 156 valence electrons. The quantitative estimate of drug-likeness (QED) is 0.658. The molecular formula is C22H27FN2O3S. The van der Waals surface area contributed by atoms with E-state index in [1.807, 2.05) is 6.92 Å². The van der Waals surface area contributed by atoms with Crippen LogP contribution in [0.25, 0.3) is 0 Å². The highest BCUT2D eigenvalue weighted by Crippen LogP contribution is 2.21. The van der Waals surface area contributed by atoms with Crippen LogP contribution in [0.2, 0.25) is 0 Å². The summed E-state index contributed by atoms with van der Waals surface area (Å²) < 4.78 is 40.0. The molecule has 3 rings (SSSR count). The van der Waals surface area contributed by atoms with Crippen molar-refractivity contribution in [1.82, 2.24) is 9.21 Å². The third kappa shape index (κ3) is 5.42. The van der Waals surface area contributed by atoms with Crippen LogP contribution in [0.15, 0.2) is 53.4 Å². The van der Waals surface area contributed by atoms with E-state index in [-0.39, 0.29) is 11.7 Å². The van der Waals surface area contributed by atoms with E-state index in [1.54, 1.807) is 41.3 Å². The number of rotatable bonds is 8. The monoisotopic (exact) mass is 418 g/mol. The first-order valence-corrected chi connectivity index (χ1v) is 11.5. The summed E-state index contributed by atoms with van der Waals surface area (Å²) in [5.41, 5.74) is 1.68. The van der Waals surface area contributed by atoms with Crippen LogP contribution in [-0.2, 0) is 27.8 Å². The van der Waals surface area contributed by atoms with Gasteiger partial charge in [0.15, 0.2) is 0 Å². The Kier molecular flexibility index (Phi) is 7.03. The summed E-state index contributed by atoms with van der Waals surface area (Å²) in [6.07, 6.45) is 2.66. The van der Waals surface area contributed by atoms with Crippen LogP contribution in [0, 0.1) is 5.82 Å². The minimum atomic E-state index is -3.41. The maximum atomic E-state index is 13.4. The van der Waals surface area contributed by atoms with Crippen molar-refractivity contribution in [3.05, 3.63) is 65.5 Å². The van der Waals surface area contributed by atoms with Gasteiger partial charge in [0, 0.05) is 32.6 Å². The topological polar surface area (TPSA) is 57.7 Å². The van der Waals surface area contributed by atoms with Crippen LogP contribution in [0.4, 0.5) is 4.39 Å². The minimum absolute atomic E-state index is 0.00877. The van der Waals surface area contributed by atoms with Crippen molar-refractivity contribution in [1.29, 1.82) is 0 Å². The highest BCUT2D eigenvalue weighted by Gasteiger charge is 2.26. The van der Waals surface area contributed by atoms with Gasteiger partial charge < -0.3 is 4.90 Å². The Morgan fingerprint density at radius 3 is 2.38 bits per heavy atom. The number of aryl methyl sites for hydroxylation is 1. The van der Waals surface area contributed by atoms with E-state index in [4.69, 9.17) is 0 Å². The maximum absolute atomic E-state index is 13.4. The Hall–Kier alpha value is -2.25. The number of amides is 1. The van der Waals surface area contributed by atoms with Crippen molar-refractivity contribution in [3.63, 3.8) is 0 Å². The smallest absolute Gasteiger partial charge is 0.243 e. The molecule has 5 nitrogen and oxygen atoms in total. The van der Waals surface area contributed by atoms with Crippen LogP contribution < -0.4 is 0 Å². The van der Waals surface area contributed by atoms with Gasteiger partial charge in [-0.1, -0.05) is 24.3 Å². The molecule has 0 bridgehead atoms. The van der Waals surface area contributed by atoms with Crippen molar-refractivity contribution in [2.24, 2.45) is 0 Å². The van der Waals surface area contributed by atoms with Crippen LogP contribution in [0.3, 0.4) is 0 Å². The predicted octanol–water partition coefficient (Wildman–Crippen LogP) is 3.59. The van der Waals surface area contributed by atoms with Crippen molar-refractivity contribution in [3.8, 4) is 0 Å². The molecule has 0 unspecified atom stereocenters. The van der Waals surface area contributed by atoms with Gasteiger partial charge in [-0.3, -0.25) is 4.79 Å². The maximum Gasteiger partial charge on any atom is 0.243 e. The summed E-state index contributed by atoms with van der Waals surface area (Å²) in [4.78, 5) is 14.6. The van der Waals surface area contributed by atoms with E-state index in [0.717, 1.165) is 24.0 Å². The molecule has 29 heavy (non-hydrogen) atoms. The molecular weight excluding hydrogens is 391 g/mol. The largest absolute Gasteiger partial charge is 0.339 e. The summed E-state index contributed by atoms with van der Waals surface area (Å²) in [5, 5.41) is 0. The second-order valence-electron chi connectivity index (χ2n) is 7.29. The highest BCUT2D eigenvalue weighted by molar-refractivity contribution is 7.89. The minimum Gasteiger partial charge on any atom is -0.339 e. The third-order valence-corrected chi connectivity index (χ3v) is 7.16. The fourth-order valence-electron chi connectivity index (χ4n) is 3.55. The molecule has 0 N–H and O–H groups in total. The van der Waals surface area contributed by atoms with Crippen LogP contribution in [0.1, 0.15) is 37.3 Å². The molecule has 1 amide bonds. The fourth-order valence-corrected chi connectivity index (χ4v) is 5.06. The molecule has 2 aromatic rings. The van der Waals surface area contributed by atoms with Gasteiger partial charge in [0.25, 0.3) is 0 Å². The van der Waals surface area contributed by atoms with Crippen LogP contribution in [-0.4, -0.2) is 43.2 Å². The second-order valence-corrected chi connectivity index (χ2v) is 9.23. The summed E-state index contributed by atoms with van der Waals surface area (Å²) in [7, 11) is -3.41. The molecule has 0 aromatic heterocycles. The number of benzene rings is 2. The third-order valence-electron chi connectivity index (χ3n) is 5.25. The number of hydrogen-bond acceptors (Lipinski definition) is 3. The van der Waals surface area contributed by atoms with Crippen molar-refractivity contribution < 1.29 is 17.6 Å². The van der Waals surface area contributed by atoms with E-state index in [0.29, 0.717) is 43.9 Å². The zero-order valence-corrected chi connectivity index (χ0v) is 17.5. The molecule has 2 aromatic carbocycles. The molecule has 1 saturated heterocycles. The fraction of sp³-hybridized carbons (Fsp3) is 0.409. The average Bonchev–Trinajstić information content (AvgIpc) is 3.26. The van der Waals surface area contributed by atoms with E-state index >= 15 is 0 Å². The van der Waals surface area contributed by atoms with Crippen molar-refractivity contribution >= 4 is 15.9 Å². The van der Waals surface area contributed by atoms with Gasteiger partial charge in [-0.2, -0.15) is 4.31 Å². The number of sulfonamides is 1. The lowest BCUT2D eigenvalue weighted by molar-refractivity contribution is -0.131. The molecule has 0 atom stereocenters. The van der Waals surface area contributed by atoms with E-state index in [2.05, 4.69) is 0 Å². The van der Waals surface area contributed by atoms with Crippen LogP contribution in [0.5, 0.6) is 0 Å². The Labute approximate surface area is 172 Å². The Balaban J connectivity index is 1.58. The number of halogens is 1. The summed E-state index contributed by atoms with van der Waals surface area (Å²) in [5.74, 6) is -0.319. The molecule has 1 heterocycles. The second kappa shape index (κ2) is 9.50. The normalized spacial score (nSPS) is 14.8. The van der Waals surface area contributed by atoms with Crippen molar-refractivity contribution in [2.75, 3.05) is 19.6 Å². The van der Waals surface area contributed by atoms with Crippen molar-refractivity contribution in [2.45, 2.75) is 44.0 Å². The standard InChI is InChI=1S/C22H27FN2O3S/c1-2-24(17-19-6-5-7-20(23)16-19)22(26)13-10-18-8-11-21(12-9-18)29(27,28)25-14-3-4-15-25/h5-9,11-12,16H,2-4,10,13-15,17H2,1H3. The zero-order valence-electron chi connectivity index (χ0n) is 16.7. The van der Waals surface area contributed by atoms with Gasteiger partial charge in [0.2, 0.25) is 15.9 Å². The van der Waals surface area contributed by atoms with Gasteiger partial charge in [-0.25, -0.2) is 12.8 Å². The van der Waals surface area contributed by atoms with E-state index < -0.39 is 10.0 Å². The molecule has 1 aliphatic rings. The molecule has 0 aliphatic carbocycles. The SMILES string of the molecule is CCN(Cc1cccc(F)c1)C(=O)CCc1ccc(S(=O)(=O)N2CCCC2)cc1. The molecule has 7 heteroatoms. The molecule has 0 spiro atoms. The van der Waals surface area contributed by atoms with Gasteiger partial charge in [-0.05, 0) is 61.6 Å². The molecule has 0 radical (unpaired) electrons. The Bertz CT molecular complexity index is 939. The molecule has 1 aliphatic heterocycles. The van der Waals surface area contributed by atoms with Crippen LogP contribution >= 0.6 is 0 Å². The van der Waals surface area contributed by atoms with E-state index in [1.165, 1.54) is 16.4 Å². The lowest BCUT2D eigenvalue weighted by Gasteiger charge is -2.21. The first kappa shape index (κ1) is 21.5. The van der Waals surface area contributed by atoms with Gasteiger partial charge in [0.1, 0.15) is 5.82 Å². The molecule has 1 fully saturated rings. The van der Waals surface area contributed by atoms with Gasteiger partial charge >= 0.3 is 0 Å². The average molecular weight is 419 g/mol. The van der Waals surface area contributed by atoms with Gasteiger partial charge in [0.05, 0.1) is 4.90 Å². The lowest BCUT2D eigenvalue weighted by Crippen LogP contribution is -2.30.